The van der Waals surface area contributed by atoms with Gasteiger partial charge < -0.3 is 10.6 Å². The molecule has 1 heterocycles. The second-order valence-electron chi connectivity index (χ2n) is 5.00. The predicted octanol–water partition coefficient (Wildman–Crippen LogP) is 2.39. The van der Waals surface area contributed by atoms with Gasteiger partial charge in [-0.1, -0.05) is 13.8 Å². The minimum atomic E-state index is 0.178. The van der Waals surface area contributed by atoms with Crippen LogP contribution in [0.3, 0.4) is 0 Å². The fourth-order valence-corrected chi connectivity index (χ4v) is 2.00. The number of hydrogen-bond donors (Lipinski definition) is 2. The van der Waals surface area contributed by atoms with Crippen LogP contribution in [0.4, 0.5) is 0 Å². The summed E-state index contributed by atoms with van der Waals surface area (Å²) in [5, 5.41) is 11.7. The number of rotatable bonds is 5. The Hall–Kier alpha value is -1.10. The first-order valence-electron chi connectivity index (χ1n) is 6.52. The Kier molecular flexibility index (Phi) is 5.59. The van der Waals surface area contributed by atoms with Crippen molar-refractivity contribution in [2.75, 3.05) is 6.54 Å². The van der Waals surface area contributed by atoms with Crippen LogP contribution in [0.25, 0.3) is 0 Å². The molecule has 0 aliphatic heterocycles. The molecule has 0 spiro atoms. The number of aryl methyl sites for hydroxylation is 2. The summed E-state index contributed by atoms with van der Waals surface area (Å²) < 4.78 is 1.95. The van der Waals surface area contributed by atoms with Gasteiger partial charge in [0.05, 0.1) is 11.7 Å². The molecule has 2 N–H and O–H groups in total. The van der Waals surface area contributed by atoms with Crippen LogP contribution in [0.2, 0.25) is 0 Å². The summed E-state index contributed by atoms with van der Waals surface area (Å²) in [6.07, 6.45) is 2.08. The molecule has 0 amide bonds. The highest BCUT2D eigenvalue weighted by atomic mass is 32.1. The number of thiocarbonyl (C=S) groups is 1. The average molecular weight is 268 g/mol. The summed E-state index contributed by atoms with van der Waals surface area (Å²) in [6.45, 7) is 12.3. The van der Waals surface area contributed by atoms with Crippen molar-refractivity contribution in [1.29, 1.82) is 0 Å². The Morgan fingerprint density at radius 3 is 2.61 bits per heavy atom. The van der Waals surface area contributed by atoms with E-state index in [-0.39, 0.29) is 6.04 Å². The molecule has 1 aromatic rings. The van der Waals surface area contributed by atoms with Gasteiger partial charge in [-0.2, -0.15) is 5.10 Å². The summed E-state index contributed by atoms with van der Waals surface area (Å²) >= 11 is 5.28. The van der Waals surface area contributed by atoms with Crippen LogP contribution in [0.15, 0.2) is 6.20 Å². The van der Waals surface area contributed by atoms with Crippen molar-refractivity contribution in [2.45, 2.75) is 47.2 Å². The number of hydrogen-bond acceptors (Lipinski definition) is 2. The van der Waals surface area contributed by atoms with Gasteiger partial charge in [0.25, 0.3) is 0 Å². The van der Waals surface area contributed by atoms with Gasteiger partial charge in [0.15, 0.2) is 5.11 Å². The minimum absolute atomic E-state index is 0.178. The van der Waals surface area contributed by atoms with Gasteiger partial charge in [-0.25, -0.2) is 0 Å². The van der Waals surface area contributed by atoms with Crippen molar-refractivity contribution in [3.8, 4) is 0 Å². The molecule has 18 heavy (non-hydrogen) atoms. The molecular weight excluding hydrogens is 244 g/mol. The van der Waals surface area contributed by atoms with Gasteiger partial charge in [-0.3, -0.25) is 4.68 Å². The number of nitrogens with one attached hydrogen (secondary N) is 2. The number of aromatic nitrogens is 2. The molecule has 0 aliphatic carbocycles. The average Bonchev–Trinajstić information content (AvgIpc) is 2.68. The quantitative estimate of drug-likeness (QED) is 0.805. The van der Waals surface area contributed by atoms with E-state index in [4.69, 9.17) is 12.2 Å². The van der Waals surface area contributed by atoms with Crippen LogP contribution in [-0.4, -0.2) is 21.4 Å². The molecule has 0 bridgehead atoms. The third-order valence-electron chi connectivity index (χ3n) is 2.79. The number of nitrogens with zero attached hydrogens (tertiary/aromatic N) is 2. The SMILES string of the molecule is CCn1cc(C(C)NC(=S)NCC(C)C)c(C)n1. The van der Waals surface area contributed by atoms with E-state index in [2.05, 4.69) is 49.6 Å². The maximum atomic E-state index is 5.28. The van der Waals surface area contributed by atoms with Crippen LogP contribution >= 0.6 is 12.2 Å². The van der Waals surface area contributed by atoms with E-state index in [1.807, 2.05) is 11.6 Å². The van der Waals surface area contributed by atoms with Gasteiger partial charge in [-0.15, -0.1) is 0 Å². The zero-order valence-electron chi connectivity index (χ0n) is 11.9. The highest BCUT2D eigenvalue weighted by Gasteiger charge is 2.13. The van der Waals surface area contributed by atoms with E-state index >= 15 is 0 Å². The van der Waals surface area contributed by atoms with Crippen molar-refractivity contribution in [2.24, 2.45) is 5.92 Å². The molecular formula is C13H24N4S. The monoisotopic (exact) mass is 268 g/mol. The van der Waals surface area contributed by atoms with Crippen molar-refractivity contribution in [1.82, 2.24) is 20.4 Å². The van der Waals surface area contributed by atoms with Crippen molar-refractivity contribution in [3.63, 3.8) is 0 Å². The Morgan fingerprint density at radius 2 is 2.11 bits per heavy atom. The van der Waals surface area contributed by atoms with E-state index in [9.17, 15) is 0 Å². The summed E-state index contributed by atoms with van der Waals surface area (Å²) in [5.74, 6) is 0.588. The van der Waals surface area contributed by atoms with Crippen molar-refractivity contribution < 1.29 is 0 Å². The Balaban J connectivity index is 2.56. The minimum Gasteiger partial charge on any atom is -0.362 e. The highest BCUT2D eigenvalue weighted by molar-refractivity contribution is 7.80. The normalized spacial score (nSPS) is 12.6. The first-order chi connectivity index (χ1) is 8.43. The molecule has 1 rings (SSSR count). The third kappa shape index (κ3) is 4.29. The van der Waals surface area contributed by atoms with Crippen LogP contribution in [0.5, 0.6) is 0 Å². The first kappa shape index (κ1) is 15.0. The molecule has 0 fully saturated rings. The first-order valence-corrected chi connectivity index (χ1v) is 6.93. The molecule has 1 unspecified atom stereocenters. The molecule has 0 saturated carbocycles. The Labute approximate surface area is 115 Å². The zero-order valence-corrected chi connectivity index (χ0v) is 12.8. The summed E-state index contributed by atoms with van der Waals surface area (Å²) in [7, 11) is 0. The molecule has 1 aromatic heterocycles. The van der Waals surface area contributed by atoms with Gasteiger partial charge in [0, 0.05) is 24.8 Å². The molecule has 4 nitrogen and oxygen atoms in total. The second-order valence-corrected chi connectivity index (χ2v) is 5.40. The molecule has 0 saturated heterocycles. The zero-order chi connectivity index (χ0) is 13.7. The second kappa shape index (κ2) is 6.73. The van der Waals surface area contributed by atoms with E-state index in [1.165, 1.54) is 5.56 Å². The predicted molar refractivity (Wildman–Crippen MR) is 79.6 cm³/mol. The van der Waals surface area contributed by atoms with Crippen LogP contribution in [0, 0.1) is 12.8 Å². The maximum absolute atomic E-state index is 5.28. The lowest BCUT2D eigenvalue weighted by atomic mass is 10.1. The molecule has 0 radical (unpaired) electrons. The van der Waals surface area contributed by atoms with Gasteiger partial charge in [0.1, 0.15) is 0 Å². The van der Waals surface area contributed by atoms with E-state index in [0.717, 1.165) is 18.8 Å². The Morgan fingerprint density at radius 1 is 1.44 bits per heavy atom. The largest absolute Gasteiger partial charge is 0.362 e. The van der Waals surface area contributed by atoms with E-state index in [1.54, 1.807) is 0 Å². The smallest absolute Gasteiger partial charge is 0.166 e. The molecule has 0 aromatic carbocycles. The van der Waals surface area contributed by atoms with Crippen molar-refractivity contribution >= 4 is 17.3 Å². The van der Waals surface area contributed by atoms with Gasteiger partial charge in [-0.05, 0) is 38.9 Å². The van der Waals surface area contributed by atoms with E-state index in [0.29, 0.717) is 11.0 Å². The standard InChI is InChI=1S/C13H24N4S/c1-6-17-8-12(11(5)16-17)10(4)15-13(18)14-7-9(2)3/h8-10H,6-7H2,1-5H3,(H2,14,15,18). The topological polar surface area (TPSA) is 41.9 Å². The maximum Gasteiger partial charge on any atom is 0.166 e. The Bertz CT molecular complexity index is 398. The van der Waals surface area contributed by atoms with Crippen LogP contribution in [-0.2, 0) is 6.54 Å². The molecule has 102 valence electrons. The third-order valence-corrected chi connectivity index (χ3v) is 3.06. The lowest BCUT2D eigenvalue weighted by Crippen LogP contribution is -2.38. The van der Waals surface area contributed by atoms with E-state index < -0.39 is 0 Å². The fourth-order valence-electron chi connectivity index (χ4n) is 1.74. The lowest BCUT2D eigenvalue weighted by Gasteiger charge is -2.17. The van der Waals surface area contributed by atoms with Gasteiger partial charge in [0.2, 0.25) is 0 Å². The lowest BCUT2D eigenvalue weighted by molar-refractivity contribution is 0.608. The molecule has 1 atom stereocenters. The highest BCUT2D eigenvalue weighted by Crippen LogP contribution is 2.15. The van der Waals surface area contributed by atoms with Crippen molar-refractivity contribution in [3.05, 3.63) is 17.5 Å². The molecule has 5 heteroatoms. The summed E-state index contributed by atoms with van der Waals surface area (Å²) in [6, 6.07) is 0.178. The van der Waals surface area contributed by atoms with Crippen LogP contribution < -0.4 is 10.6 Å². The van der Waals surface area contributed by atoms with Crippen LogP contribution in [0.1, 0.15) is 45.0 Å². The molecule has 0 aliphatic rings. The summed E-state index contributed by atoms with van der Waals surface area (Å²) in [4.78, 5) is 0. The van der Waals surface area contributed by atoms with Gasteiger partial charge >= 0.3 is 0 Å². The fraction of sp³-hybridized carbons (Fsp3) is 0.692. The summed E-state index contributed by atoms with van der Waals surface area (Å²) in [5.41, 5.74) is 2.26.